The van der Waals surface area contributed by atoms with Crippen LogP contribution in [0.15, 0.2) is 36.7 Å². The number of methoxy groups -OCH3 is 1. The van der Waals surface area contributed by atoms with Crippen LogP contribution in [0.5, 0.6) is 0 Å². The summed E-state index contributed by atoms with van der Waals surface area (Å²) in [7, 11) is 1.51. The third kappa shape index (κ3) is 3.43. The minimum Gasteiger partial charge on any atom is -0.375 e. The summed E-state index contributed by atoms with van der Waals surface area (Å²) in [5.74, 6) is -0.302. The number of rotatable bonds is 4. The first-order chi connectivity index (χ1) is 11.7. The lowest BCUT2D eigenvalue weighted by Crippen LogP contribution is -2.41. The van der Waals surface area contributed by atoms with E-state index in [9.17, 15) is 9.18 Å². The number of piperidine rings is 1. The van der Waals surface area contributed by atoms with Gasteiger partial charge in [-0.1, -0.05) is 12.1 Å². The monoisotopic (exact) mass is 329 g/mol. The van der Waals surface area contributed by atoms with Crippen LogP contribution in [-0.2, 0) is 9.53 Å². The van der Waals surface area contributed by atoms with Gasteiger partial charge in [0, 0.05) is 44.1 Å². The number of carbonyl (C=O) groups is 1. The largest absolute Gasteiger partial charge is 0.375 e. The van der Waals surface area contributed by atoms with E-state index in [1.807, 2.05) is 0 Å². The van der Waals surface area contributed by atoms with Crippen molar-refractivity contribution in [3.8, 4) is 11.3 Å². The Morgan fingerprint density at radius 3 is 2.92 bits per heavy atom. The van der Waals surface area contributed by atoms with Gasteiger partial charge in [-0.2, -0.15) is 0 Å². The van der Waals surface area contributed by atoms with Crippen LogP contribution >= 0.6 is 0 Å². The Balaban J connectivity index is 1.90. The average Bonchev–Trinajstić information content (AvgIpc) is 2.62. The molecule has 1 saturated heterocycles. The summed E-state index contributed by atoms with van der Waals surface area (Å²) in [6, 6.07) is 6.56. The number of amides is 1. The fourth-order valence-corrected chi connectivity index (χ4v) is 3.15. The van der Waals surface area contributed by atoms with E-state index in [0.717, 1.165) is 18.5 Å². The second-order valence-electron chi connectivity index (χ2n) is 5.88. The quantitative estimate of drug-likeness (QED) is 0.865. The molecule has 1 aliphatic heterocycles. The van der Waals surface area contributed by atoms with Crippen molar-refractivity contribution in [2.75, 3.05) is 26.8 Å². The average molecular weight is 329 g/mol. The lowest BCUT2D eigenvalue weighted by Gasteiger charge is -2.33. The van der Waals surface area contributed by atoms with Crippen LogP contribution in [0.3, 0.4) is 0 Å². The molecule has 0 saturated carbocycles. The molecule has 1 aromatic carbocycles. The lowest BCUT2D eigenvalue weighted by atomic mass is 9.91. The van der Waals surface area contributed by atoms with E-state index in [4.69, 9.17) is 4.74 Å². The van der Waals surface area contributed by atoms with Gasteiger partial charge in [0.15, 0.2) is 0 Å². The molecule has 0 N–H and O–H groups in total. The van der Waals surface area contributed by atoms with Crippen molar-refractivity contribution in [1.29, 1.82) is 0 Å². The van der Waals surface area contributed by atoms with E-state index in [2.05, 4.69) is 9.97 Å². The normalized spacial score (nSPS) is 17.8. The summed E-state index contributed by atoms with van der Waals surface area (Å²) >= 11 is 0. The highest BCUT2D eigenvalue weighted by molar-refractivity contribution is 5.77. The van der Waals surface area contributed by atoms with E-state index in [1.54, 1.807) is 35.5 Å². The van der Waals surface area contributed by atoms with Crippen LogP contribution in [0.2, 0.25) is 0 Å². The molecule has 126 valence electrons. The Bertz CT molecular complexity index is 723. The minimum absolute atomic E-state index is 0.0291. The highest BCUT2D eigenvalue weighted by Gasteiger charge is 2.28. The van der Waals surface area contributed by atoms with Crippen molar-refractivity contribution in [2.45, 2.75) is 18.8 Å². The van der Waals surface area contributed by atoms with Crippen molar-refractivity contribution in [1.82, 2.24) is 14.9 Å². The molecule has 5 nitrogen and oxygen atoms in total. The number of nitrogens with zero attached hydrogens (tertiary/aromatic N) is 3. The van der Waals surface area contributed by atoms with Crippen LogP contribution in [0.4, 0.5) is 4.39 Å². The summed E-state index contributed by atoms with van der Waals surface area (Å²) < 4.78 is 19.1. The number of likely N-dealkylation sites (tertiary alicyclic amines) is 1. The third-order valence-corrected chi connectivity index (χ3v) is 4.28. The number of hydrogen-bond acceptors (Lipinski definition) is 4. The summed E-state index contributed by atoms with van der Waals surface area (Å²) in [5, 5.41) is 0. The Kier molecular flexibility index (Phi) is 5.15. The SMILES string of the molecule is COCC(=O)N1CCC[C@H](c2nccnc2-c2ccccc2F)C1. The summed E-state index contributed by atoms with van der Waals surface area (Å²) in [5.41, 5.74) is 1.75. The summed E-state index contributed by atoms with van der Waals surface area (Å²) in [6.07, 6.45) is 4.97. The predicted octanol–water partition coefficient (Wildman–Crippen LogP) is 2.64. The van der Waals surface area contributed by atoms with Crippen molar-refractivity contribution in [3.05, 3.63) is 48.2 Å². The highest BCUT2D eigenvalue weighted by atomic mass is 19.1. The Hall–Kier alpha value is -2.34. The van der Waals surface area contributed by atoms with Crippen LogP contribution in [0.1, 0.15) is 24.5 Å². The fraction of sp³-hybridized carbons (Fsp3) is 0.389. The van der Waals surface area contributed by atoms with Crippen molar-refractivity contribution >= 4 is 5.91 Å². The standard InChI is InChI=1S/C18H20FN3O2/c1-24-12-16(23)22-10-4-5-13(11-22)17-18(21-9-8-20-17)14-6-2-3-7-15(14)19/h2-3,6-9,13H,4-5,10-12H2,1H3/t13-/m0/s1. The van der Waals surface area contributed by atoms with Crippen molar-refractivity contribution in [2.24, 2.45) is 0 Å². The van der Waals surface area contributed by atoms with Gasteiger partial charge >= 0.3 is 0 Å². The maximum absolute atomic E-state index is 14.2. The van der Waals surface area contributed by atoms with E-state index in [1.165, 1.54) is 13.2 Å². The van der Waals surface area contributed by atoms with Gasteiger partial charge in [-0.05, 0) is 25.0 Å². The molecule has 2 heterocycles. The van der Waals surface area contributed by atoms with E-state index < -0.39 is 0 Å². The van der Waals surface area contributed by atoms with Gasteiger partial charge in [-0.15, -0.1) is 0 Å². The smallest absolute Gasteiger partial charge is 0.248 e. The molecule has 1 aliphatic rings. The van der Waals surface area contributed by atoms with E-state index >= 15 is 0 Å². The number of benzene rings is 1. The number of aromatic nitrogens is 2. The molecule has 24 heavy (non-hydrogen) atoms. The molecule has 1 fully saturated rings. The first-order valence-electron chi connectivity index (χ1n) is 8.03. The maximum atomic E-state index is 14.2. The Labute approximate surface area is 140 Å². The maximum Gasteiger partial charge on any atom is 0.248 e. The zero-order chi connectivity index (χ0) is 16.9. The van der Waals surface area contributed by atoms with Gasteiger partial charge in [-0.25, -0.2) is 4.39 Å². The summed E-state index contributed by atoms with van der Waals surface area (Å²) in [4.78, 5) is 22.7. The molecule has 0 bridgehead atoms. The molecule has 0 unspecified atom stereocenters. The highest BCUT2D eigenvalue weighted by Crippen LogP contribution is 2.32. The summed E-state index contributed by atoms with van der Waals surface area (Å²) in [6.45, 7) is 1.35. The van der Waals surface area contributed by atoms with Crippen LogP contribution < -0.4 is 0 Å². The molecular formula is C18H20FN3O2. The minimum atomic E-state index is -0.317. The van der Waals surface area contributed by atoms with Gasteiger partial charge in [0.05, 0.1) is 11.4 Å². The molecule has 0 spiro atoms. The zero-order valence-corrected chi connectivity index (χ0v) is 13.6. The fourth-order valence-electron chi connectivity index (χ4n) is 3.15. The van der Waals surface area contributed by atoms with Crippen LogP contribution in [-0.4, -0.2) is 47.6 Å². The van der Waals surface area contributed by atoms with Crippen LogP contribution in [0, 0.1) is 5.82 Å². The molecule has 6 heteroatoms. The topological polar surface area (TPSA) is 55.3 Å². The van der Waals surface area contributed by atoms with Gasteiger partial charge in [-0.3, -0.25) is 14.8 Å². The first-order valence-corrected chi connectivity index (χ1v) is 8.03. The number of halogens is 1. The molecule has 0 aliphatic carbocycles. The molecule has 3 rings (SSSR count). The molecule has 2 aromatic rings. The van der Waals surface area contributed by atoms with E-state index in [0.29, 0.717) is 24.3 Å². The third-order valence-electron chi connectivity index (χ3n) is 4.28. The van der Waals surface area contributed by atoms with Gasteiger partial charge < -0.3 is 9.64 Å². The zero-order valence-electron chi connectivity index (χ0n) is 13.6. The van der Waals surface area contributed by atoms with Gasteiger partial charge in [0.1, 0.15) is 12.4 Å². The molecule has 0 radical (unpaired) electrons. The molecule has 1 atom stereocenters. The molecule has 1 amide bonds. The van der Waals surface area contributed by atoms with Crippen molar-refractivity contribution < 1.29 is 13.9 Å². The van der Waals surface area contributed by atoms with Crippen LogP contribution in [0.25, 0.3) is 11.3 Å². The van der Waals surface area contributed by atoms with E-state index in [-0.39, 0.29) is 24.2 Å². The van der Waals surface area contributed by atoms with Crippen molar-refractivity contribution in [3.63, 3.8) is 0 Å². The Morgan fingerprint density at radius 2 is 2.12 bits per heavy atom. The predicted molar refractivity (Wildman–Crippen MR) is 87.9 cm³/mol. The second-order valence-corrected chi connectivity index (χ2v) is 5.88. The first kappa shape index (κ1) is 16.5. The molecule has 1 aromatic heterocycles. The van der Waals surface area contributed by atoms with Gasteiger partial charge in [0.2, 0.25) is 5.91 Å². The number of ether oxygens (including phenoxy) is 1. The molecular weight excluding hydrogens is 309 g/mol. The number of carbonyl (C=O) groups excluding carboxylic acids is 1. The Morgan fingerprint density at radius 1 is 1.33 bits per heavy atom. The van der Waals surface area contributed by atoms with Gasteiger partial charge in [0.25, 0.3) is 0 Å². The number of hydrogen-bond donors (Lipinski definition) is 0. The lowest BCUT2D eigenvalue weighted by molar-refractivity contribution is -0.136. The second kappa shape index (κ2) is 7.49.